The van der Waals surface area contributed by atoms with Crippen LogP contribution in [0.25, 0.3) is 33.3 Å². The Bertz CT molecular complexity index is 1470. The van der Waals surface area contributed by atoms with Crippen LogP contribution in [0.4, 0.5) is 4.39 Å². The van der Waals surface area contributed by atoms with Crippen molar-refractivity contribution in [2.75, 3.05) is 20.1 Å². The van der Waals surface area contributed by atoms with Gasteiger partial charge in [0, 0.05) is 44.3 Å². The topological polar surface area (TPSA) is 78.9 Å². The van der Waals surface area contributed by atoms with E-state index in [9.17, 15) is 9.18 Å². The molecule has 2 aromatic carbocycles. The van der Waals surface area contributed by atoms with Gasteiger partial charge >= 0.3 is 0 Å². The minimum atomic E-state index is -0.581. The van der Waals surface area contributed by atoms with E-state index >= 15 is 0 Å². The number of hydrogen-bond donors (Lipinski definition) is 1. The minimum absolute atomic E-state index is 0.00930. The molecule has 0 atom stereocenters. The van der Waals surface area contributed by atoms with E-state index in [0.29, 0.717) is 11.3 Å². The lowest BCUT2D eigenvalue weighted by Crippen LogP contribution is -2.44. The number of aryl methyl sites for hydroxylation is 1. The van der Waals surface area contributed by atoms with Crippen LogP contribution in [0.5, 0.6) is 0 Å². The molecule has 178 valence electrons. The number of fused-ring (bicyclic) bond motifs is 1. The average Bonchev–Trinajstić information content (AvgIpc) is 3.41. The molecule has 7 nitrogen and oxygen atoms in total. The highest BCUT2D eigenvalue weighted by Gasteiger charge is 2.27. The molecule has 1 amide bonds. The van der Waals surface area contributed by atoms with Crippen LogP contribution in [0.3, 0.4) is 0 Å². The van der Waals surface area contributed by atoms with E-state index in [2.05, 4.69) is 10.4 Å². The number of nitrogens with zero attached hydrogens (tertiary/aromatic N) is 5. The van der Waals surface area contributed by atoms with Gasteiger partial charge in [0.1, 0.15) is 17.6 Å². The van der Waals surface area contributed by atoms with Crippen LogP contribution in [0.2, 0.25) is 0 Å². The predicted octanol–water partition coefficient (Wildman–Crippen LogP) is 4.08. The van der Waals surface area contributed by atoms with Crippen LogP contribution >= 0.6 is 0 Å². The summed E-state index contributed by atoms with van der Waals surface area (Å²) >= 11 is 0. The first-order valence-electron chi connectivity index (χ1n) is 11.7. The molecule has 0 aliphatic carbocycles. The Hall–Kier alpha value is -3.96. The SMILES string of the molecule is CN(C(=O)c1cc(-c2ccc(C#N)c(F)c2)c(-c2ccc3nn(C)cc3c2)n1C)C1CCNCC1. The summed E-state index contributed by atoms with van der Waals surface area (Å²) in [5.41, 5.74) is 4.46. The number of carbonyl (C=O) groups excluding carboxylic acids is 1. The maximum absolute atomic E-state index is 14.6. The van der Waals surface area contributed by atoms with Gasteiger partial charge in [-0.1, -0.05) is 12.1 Å². The third kappa shape index (κ3) is 4.08. The summed E-state index contributed by atoms with van der Waals surface area (Å²) < 4.78 is 18.3. The van der Waals surface area contributed by atoms with Gasteiger partial charge in [-0.3, -0.25) is 9.48 Å². The third-order valence-corrected chi connectivity index (χ3v) is 6.92. The molecule has 0 saturated carbocycles. The highest BCUT2D eigenvalue weighted by Crippen LogP contribution is 2.37. The van der Waals surface area contributed by atoms with Crippen LogP contribution in [-0.4, -0.2) is 51.3 Å². The molecule has 4 aromatic rings. The van der Waals surface area contributed by atoms with Gasteiger partial charge in [0.2, 0.25) is 0 Å². The van der Waals surface area contributed by atoms with Gasteiger partial charge in [0.15, 0.2) is 0 Å². The number of carbonyl (C=O) groups is 1. The Morgan fingerprint density at radius 1 is 1.14 bits per heavy atom. The molecule has 1 aliphatic heterocycles. The number of aromatic nitrogens is 3. The van der Waals surface area contributed by atoms with Crippen LogP contribution in [0, 0.1) is 17.1 Å². The zero-order valence-corrected chi connectivity index (χ0v) is 20.0. The molecule has 1 fully saturated rings. The molecule has 0 spiro atoms. The smallest absolute Gasteiger partial charge is 0.270 e. The molecule has 0 bridgehead atoms. The van der Waals surface area contributed by atoms with Gasteiger partial charge in [-0.2, -0.15) is 10.4 Å². The lowest BCUT2D eigenvalue weighted by molar-refractivity contribution is 0.0693. The Labute approximate surface area is 203 Å². The molecule has 3 heterocycles. The summed E-state index contributed by atoms with van der Waals surface area (Å²) in [6.07, 6.45) is 3.76. The minimum Gasteiger partial charge on any atom is -0.339 e. The number of rotatable bonds is 4. The summed E-state index contributed by atoms with van der Waals surface area (Å²) in [7, 11) is 5.60. The second-order valence-corrected chi connectivity index (χ2v) is 9.13. The van der Waals surface area contributed by atoms with E-state index in [-0.39, 0.29) is 17.5 Å². The van der Waals surface area contributed by atoms with E-state index in [1.807, 2.05) is 67.1 Å². The second kappa shape index (κ2) is 9.01. The van der Waals surface area contributed by atoms with Crippen LogP contribution in [-0.2, 0) is 14.1 Å². The monoisotopic (exact) mass is 470 g/mol. The summed E-state index contributed by atoms with van der Waals surface area (Å²) in [5, 5.41) is 17.9. The van der Waals surface area contributed by atoms with Crippen LogP contribution < -0.4 is 5.32 Å². The lowest BCUT2D eigenvalue weighted by Gasteiger charge is -2.31. The molecule has 35 heavy (non-hydrogen) atoms. The number of piperidine rings is 1. The number of amides is 1. The van der Waals surface area contributed by atoms with Gasteiger partial charge in [-0.25, -0.2) is 4.39 Å². The van der Waals surface area contributed by atoms with Crippen molar-refractivity contribution in [1.82, 2.24) is 24.6 Å². The first-order chi connectivity index (χ1) is 16.9. The zero-order valence-electron chi connectivity index (χ0n) is 20.0. The summed E-state index contributed by atoms with van der Waals surface area (Å²) in [4.78, 5) is 15.5. The molecule has 5 rings (SSSR count). The Morgan fingerprint density at radius 3 is 2.60 bits per heavy atom. The van der Waals surface area contributed by atoms with Gasteiger partial charge in [0.05, 0.1) is 16.8 Å². The molecule has 8 heteroatoms. The predicted molar refractivity (Wildman–Crippen MR) is 133 cm³/mol. The number of nitrogens with one attached hydrogen (secondary N) is 1. The van der Waals surface area contributed by atoms with Gasteiger partial charge < -0.3 is 14.8 Å². The quantitative estimate of drug-likeness (QED) is 0.488. The average molecular weight is 471 g/mol. The number of hydrogen-bond acceptors (Lipinski definition) is 4. The standard InChI is InChI=1S/C27H27FN6O/c1-32-16-20-12-18(6-7-24(20)31-32)26-22(17-4-5-19(15-29)23(28)13-17)14-25(34(26)3)27(35)33(2)21-8-10-30-11-9-21/h4-7,12-14,16,21,30H,8-11H2,1-3H3. The van der Waals surface area contributed by atoms with Gasteiger partial charge in [-0.15, -0.1) is 0 Å². The number of benzene rings is 2. The first-order valence-corrected chi connectivity index (χ1v) is 11.7. The fourth-order valence-electron chi connectivity index (χ4n) is 4.99. The fraction of sp³-hybridized carbons (Fsp3) is 0.296. The van der Waals surface area contributed by atoms with Gasteiger partial charge in [0.25, 0.3) is 5.91 Å². The zero-order chi connectivity index (χ0) is 24.7. The Morgan fingerprint density at radius 2 is 1.89 bits per heavy atom. The maximum atomic E-state index is 14.6. The van der Waals surface area contributed by atoms with E-state index in [1.165, 1.54) is 12.1 Å². The van der Waals surface area contributed by atoms with Crippen molar-refractivity contribution in [1.29, 1.82) is 5.26 Å². The largest absolute Gasteiger partial charge is 0.339 e. The molecule has 0 unspecified atom stereocenters. The normalized spacial score (nSPS) is 14.3. The van der Waals surface area contributed by atoms with Crippen molar-refractivity contribution in [2.24, 2.45) is 14.1 Å². The van der Waals surface area contributed by atoms with Crippen molar-refractivity contribution in [3.05, 3.63) is 65.7 Å². The Balaban J connectivity index is 1.66. The lowest BCUT2D eigenvalue weighted by atomic mass is 9.99. The van der Waals surface area contributed by atoms with Crippen molar-refractivity contribution < 1.29 is 9.18 Å². The molecular formula is C27H27FN6O. The second-order valence-electron chi connectivity index (χ2n) is 9.13. The van der Waals surface area contributed by atoms with E-state index < -0.39 is 5.82 Å². The summed E-state index contributed by atoms with van der Waals surface area (Å²) in [5.74, 6) is -0.648. The summed E-state index contributed by atoms with van der Waals surface area (Å²) in [6.45, 7) is 1.78. The summed E-state index contributed by atoms with van der Waals surface area (Å²) in [6, 6.07) is 14.4. The number of nitriles is 1. The maximum Gasteiger partial charge on any atom is 0.270 e. The van der Waals surface area contributed by atoms with Crippen molar-refractivity contribution in [2.45, 2.75) is 18.9 Å². The fourth-order valence-corrected chi connectivity index (χ4v) is 4.99. The first kappa shape index (κ1) is 22.8. The van der Waals surface area contributed by atoms with Crippen LogP contribution in [0.15, 0.2) is 48.7 Å². The molecule has 1 N–H and O–H groups in total. The third-order valence-electron chi connectivity index (χ3n) is 6.92. The van der Waals surface area contributed by atoms with Crippen molar-refractivity contribution >= 4 is 16.8 Å². The highest BCUT2D eigenvalue weighted by atomic mass is 19.1. The Kier molecular flexibility index (Phi) is 5.87. The van der Waals surface area contributed by atoms with Gasteiger partial charge in [-0.05, 0) is 67.4 Å². The van der Waals surface area contributed by atoms with Crippen LogP contribution in [0.1, 0.15) is 28.9 Å². The van der Waals surface area contributed by atoms with E-state index in [4.69, 9.17) is 5.26 Å². The molecule has 1 aliphatic rings. The van der Waals surface area contributed by atoms with Crippen molar-refractivity contribution in [3.8, 4) is 28.5 Å². The molecule has 2 aromatic heterocycles. The highest BCUT2D eigenvalue weighted by molar-refractivity contribution is 5.98. The molecule has 0 radical (unpaired) electrons. The molecular weight excluding hydrogens is 443 g/mol. The molecule has 1 saturated heterocycles. The van der Waals surface area contributed by atoms with Crippen molar-refractivity contribution in [3.63, 3.8) is 0 Å². The van der Waals surface area contributed by atoms with E-state index in [1.54, 1.807) is 10.7 Å². The number of halogens is 1. The van der Waals surface area contributed by atoms with E-state index in [0.717, 1.165) is 53.7 Å².